The molecular weight excluding hydrogens is 398 g/mol. The molecule has 139 valence electrons. The molecule has 1 heteroatoms. The van der Waals surface area contributed by atoms with E-state index in [1.54, 1.807) is 5.56 Å². The van der Waals surface area contributed by atoms with Crippen molar-refractivity contribution in [1.29, 1.82) is 0 Å². The van der Waals surface area contributed by atoms with Crippen LogP contribution in [0.15, 0.2) is 30.3 Å². The first-order chi connectivity index (χ1) is 11.8. The second-order valence-corrected chi connectivity index (χ2v) is 10.6. The van der Waals surface area contributed by atoms with E-state index in [-0.39, 0.29) is 0 Å². The van der Waals surface area contributed by atoms with Gasteiger partial charge in [0.25, 0.3) is 0 Å². The third-order valence-electron chi connectivity index (χ3n) is 5.35. The van der Waals surface area contributed by atoms with Crippen LogP contribution in [0.4, 0.5) is 0 Å². The van der Waals surface area contributed by atoms with Gasteiger partial charge in [-0.05, 0) is 0 Å². The molecule has 2 atom stereocenters. The molecule has 1 radical (unpaired) electrons. The van der Waals surface area contributed by atoms with E-state index in [0.717, 1.165) is 32.8 Å². The van der Waals surface area contributed by atoms with E-state index < -0.39 is 0 Å². The zero-order chi connectivity index (χ0) is 17.5. The van der Waals surface area contributed by atoms with Gasteiger partial charge in [-0.25, -0.2) is 0 Å². The molecule has 0 N–H and O–H groups in total. The van der Waals surface area contributed by atoms with Crippen LogP contribution in [0, 0.1) is 5.92 Å². The van der Waals surface area contributed by atoms with Gasteiger partial charge in [0, 0.05) is 0 Å². The van der Waals surface area contributed by atoms with E-state index in [4.69, 9.17) is 0 Å². The van der Waals surface area contributed by atoms with Crippen molar-refractivity contribution in [3.05, 3.63) is 35.9 Å². The number of rotatable bonds is 15. The summed E-state index contributed by atoms with van der Waals surface area (Å²) in [5.74, 6) is 0.943. The summed E-state index contributed by atoms with van der Waals surface area (Å²) < 4.78 is 1.04. The molecule has 0 fully saturated rings. The van der Waals surface area contributed by atoms with Crippen LogP contribution in [0.2, 0.25) is 3.86 Å². The minimum atomic E-state index is 0.943. The molecule has 24 heavy (non-hydrogen) atoms. The van der Waals surface area contributed by atoms with Crippen molar-refractivity contribution in [2.45, 2.75) is 101 Å². The third-order valence-corrected chi connectivity index (χ3v) is 8.41. The van der Waals surface area contributed by atoms with Crippen molar-refractivity contribution in [3.63, 3.8) is 0 Å². The first-order valence-electron chi connectivity index (χ1n) is 10.6. The SMILES string of the molecule is CCCCCCCCCCC[CH]([SbH3])C(CCC)Cc1ccccc1. The number of benzene rings is 1. The van der Waals surface area contributed by atoms with Crippen LogP contribution in [0.1, 0.15) is 96.5 Å². The van der Waals surface area contributed by atoms with Crippen LogP contribution in [-0.2, 0) is 6.42 Å². The van der Waals surface area contributed by atoms with Gasteiger partial charge in [0.1, 0.15) is 0 Å². The van der Waals surface area contributed by atoms with Gasteiger partial charge in [0.15, 0.2) is 0 Å². The van der Waals surface area contributed by atoms with Crippen molar-refractivity contribution >= 4 is 23.0 Å². The van der Waals surface area contributed by atoms with Gasteiger partial charge in [0.05, 0.1) is 0 Å². The summed E-state index contributed by atoms with van der Waals surface area (Å²) in [5.41, 5.74) is 1.55. The van der Waals surface area contributed by atoms with E-state index in [1.807, 2.05) is 0 Å². The van der Waals surface area contributed by atoms with Crippen molar-refractivity contribution in [2.75, 3.05) is 0 Å². The Morgan fingerprint density at radius 2 is 1.29 bits per heavy atom. The van der Waals surface area contributed by atoms with Crippen molar-refractivity contribution in [1.82, 2.24) is 0 Å². The number of hydrogen-bond acceptors (Lipinski definition) is 0. The summed E-state index contributed by atoms with van der Waals surface area (Å²) in [6, 6.07) is 11.2. The van der Waals surface area contributed by atoms with E-state index >= 15 is 0 Å². The Bertz CT molecular complexity index is 373. The Balaban J connectivity index is 2.15. The van der Waals surface area contributed by atoms with Gasteiger partial charge in [-0.1, -0.05) is 0 Å². The predicted octanol–water partition coefficient (Wildman–Crippen LogP) is 6.72. The Morgan fingerprint density at radius 1 is 0.708 bits per heavy atom. The van der Waals surface area contributed by atoms with Gasteiger partial charge in [0.2, 0.25) is 0 Å². The summed E-state index contributed by atoms with van der Waals surface area (Å²) in [5, 5.41) is 0. The fraction of sp³-hybridized carbons (Fsp3) is 0.739. The van der Waals surface area contributed by atoms with Gasteiger partial charge in [-0.15, -0.1) is 0 Å². The molecule has 1 aromatic carbocycles. The summed E-state index contributed by atoms with van der Waals surface area (Å²) >= 11 is 1.12. The first kappa shape index (κ1) is 22.1. The molecule has 0 aliphatic heterocycles. The molecule has 0 aliphatic rings. The Kier molecular flexibility index (Phi) is 14.1. The first-order valence-corrected chi connectivity index (χ1v) is 13.0. The van der Waals surface area contributed by atoms with Crippen LogP contribution >= 0.6 is 0 Å². The molecule has 0 aromatic heterocycles. The second kappa shape index (κ2) is 15.3. The van der Waals surface area contributed by atoms with Crippen LogP contribution in [-0.4, -0.2) is 23.0 Å². The number of hydrogen-bond donors (Lipinski definition) is 0. The standard InChI is InChI=1S/C23H39.Sb.3H/c1-3-5-6-7-8-9-10-11-12-14-18-22(17-4-2)21-23-19-15-13-16-20-23;;;;/h13,15-16,18-20,22H,3-12,14,17,21H2,1-2H3;;;;. The van der Waals surface area contributed by atoms with Gasteiger partial charge < -0.3 is 0 Å². The van der Waals surface area contributed by atoms with Crippen LogP contribution in [0.3, 0.4) is 0 Å². The van der Waals surface area contributed by atoms with Crippen LogP contribution in [0.25, 0.3) is 0 Å². The van der Waals surface area contributed by atoms with E-state index in [1.165, 1.54) is 83.5 Å². The molecule has 0 heterocycles. The Hall–Kier alpha value is 0.0382. The maximum absolute atomic E-state index is 2.36. The molecule has 0 spiro atoms. The molecule has 0 aliphatic carbocycles. The van der Waals surface area contributed by atoms with Crippen molar-refractivity contribution in [3.8, 4) is 0 Å². The van der Waals surface area contributed by atoms with E-state index in [9.17, 15) is 0 Å². The summed E-state index contributed by atoms with van der Waals surface area (Å²) in [4.78, 5) is 0. The zero-order valence-corrected chi connectivity index (χ0v) is 20.5. The fourth-order valence-corrected chi connectivity index (χ4v) is 5.72. The molecule has 0 nitrogen and oxygen atoms in total. The molecular formula is C23H42Sb. The number of unbranched alkanes of at least 4 members (excludes halogenated alkanes) is 8. The minimum absolute atomic E-state index is 0.943. The Morgan fingerprint density at radius 3 is 1.88 bits per heavy atom. The summed E-state index contributed by atoms with van der Waals surface area (Å²) in [6.45, 7) is 4.66. The van der Waals surface area contributed by atoms with Gasteiger partial charge >= 0.3 is 166 Å². The molecule has 1 aromatic rings. The summed E-state index contributed by atoms with van der Waals surface area (Å²) in [7, 11) is 0. The normalized spacial score (nSPS) is 13.9. The predicted molar refractivity (Wildman–Crippen MR) is 114 cm³/mol. The monoisotopic (exact) mass is 439 g/mol. The van der Waals surface area contributed by atoms with Gasteiger partial charge in [-0.2, -0.15) is 0 Å². The Labute approximate surface area is 165 Å². The summed E-state index contributed by atoms with van der Waals surface area (Å²) in [6.07, 6.45) is 18.7. The van der Waals surface area contributed by atoms with E-state index in [2.05, 4.69) is 44.2 Å². The molecule has 0 saturated heterocycles. The fourth-order valence-electron chi connectivity index (χ4n) is 3.74. The second-order valence-electron chi connectivity index (χ2n) is 7.62. The third kappa shape index (κ3) is 10.8. The average molecular weight is 440 g/mol. The van der Waals surface area contributed by atoms with Gasteiger partial charge in [-0.3, -0.25) is 0 Å². The molecule has 1 rings (SSSR count). The maximum atomic E-state index is 2.36. The van der Waals surface area contributed by atoms with E-state index in [0.29, 0.717) is 0 Å². The molecule has 2 unspecified atom stereocenters. The molecule has 0 amide bonds. The zero-order valence-electron chi connectivity index (χ0n) is 16.4. The molecule has 0 bridgehead atoms. The molecule has 0 saturated carbocycles. The van der Waals surface area contributed by atoms with Crippen molar-refractivity contribution in [2.24, 2.45) is 5.92 Å². The topological polar surface area (TPSA) is 0 Å². The van der Waals surface area contributed by atoms with Crippen molar-refractivity contribution < 1.29 is 0 Å². The van der Waals surface area contributed by atoms with Crippen LogP contribution in [0.5, 0.6) is 0 Å². The van der Waals surface area contributed by atoms with Crippen LogP contribution < -0.4 is 0 Å². The average Bonchev–Trinajstić information content (AvgIpc) is 2.60. The quantitative estimate of drug-likeness (QED) is 0.210.